The summed E-state index contributed by atoms with van der Waals surface area (Å²) in [5.74, 6) is 0. The number of hydrogen-bond acceptors (Lipinski definition) is 2. The Kier molecular flexibility index (Phi) is 3.92. The van der Waals surface area contributed by atoms with Gasteiger partial charge in [0.2, 0.25) is 0 Å². The minimum Gasteiger partial charge on any atom is -0.387 e. The quantitative estimate of drug-likeness (QED) is 0.814. The van der Waals surface area contributed by atoms with E-state index in [9.17, 15) is 31.4 Å². The molecular formula is C10H9F6NO. The number of halogens is 6. The van der Waals surface area contributed by atoms with Crippen LogP contribution < -0.4 is 5.73 Å². The topological polar surface area (TPSA) is 46.2 Å². The molecule has 0 saturated heterocycles. The highest BCUT2D eigenvalue weighted by atomic mass is 19.4. The maximum Gasteiger partial charge on any atom is 0.416 e. The summed E-state index contributed by atoms with van der Waals surface area (Å²) in [7, 11) is 0. The van der Waals surface area contributed by atoms with E-state index in [0.717, 1.165) is 0 Å². The Morgan fingerprint density at radius 2 is 1.33 bits per heavy atom. The number of aliphatic hydroxyl groups is 1. The molecule has 1 unspecified atom stereocenters. The Balaban J connectivity index is 3.39. The first-order chi connectivity index (χ1) is 8.05. The fourth-order valence-electron chi connectivity index (χ4n) is 1.31. The van der Waals surface area contributed by atoms with Crippen LogP contribution in [0.1, 0.15) is 22.8 Å². The van der Waals surface area contributed by atoms with E-state index in [4.69, 9.17) is 5.73 Å². The number of rotatable bonds is 2. The van der Waals surface area contributed by atoms with Gasteiger partial charge < -0.3 is 10.8 Å². The van der Waals surface area contributed by atoms with E-state index in [-0.39, 0.29) is 6.07 Å². The molecule has 8 heteroatoms. The molecule has 0 aliphatic carbocycles. The van der Waals surface area contributed by atoms with E-state index in [1.54, 1.807) is 0 Å². The lowest BCUT2D eigenvalue weighted by molar-refractivity contribution is -0.143. The largest absolute Gasteiger partial charge is 0.416 e. The summed E-state index contributed by atoms with van der Waals surface area (Å²) in [6.07, 6.45) is -11.4. The molecule has 0 fully saturated rings. The van der Waals surface area contributed by atoms with Gasteiger partial charge in [0, 0.05) is 6.54 Å². The van der Waals surface area contributed by atoms with E-state index < -0.39 is 41.7 Å². The smallest absolute Gasteiger partial charge is 0.387 e. The number of hydrogen-bond donors (Lipinski definition) is 2. The summed E-state index contributed by atoms with van der Waals surface area (Å²) in [5, 5.41) is 9.25. The number of benzene rings is 1. The van der Waals surface area contributed by atoms with Crippen LogP contribution in [0.5, 0.6) is 0 Å². The molecule has 0 bridgehead atoms. The Hall–Kier alpha value is -1.28. The fourth-order valence-corrected chi connectivity index (χ4v) is 1.31. The Labute approximate surface area is 98.0 Å². The van der Waals surface area contributed by atoms with Gasteiger partial charge in [0.25, 0.3) is 0 Å². The average Bonchev–Trinajstić information content (AvgIpc) is 2.25. The second kappa shape index (κ2) is 4.77. The first kappa shape index (κ1) is 14.8. The molecule has 0 heterocycles. The van der Waals surface area contributed by atoms with E-state index >= 15 is 0 Å². The fraction of sp³-hybridized carbons (Fsp3) is 0.400. The molecule has 1 aromatic carbocycles. The Morgan fingerprint density at radius 1 is 0.944 bits per heavy atom. The van der Waals surface area contributed by atoms with Gasteiger partial charge >= 0.3 is 12.4 Å². The van der Waals surface area contributed by atoms with Gasteiger partial charge in [0.05, 0.1) is 17.2 Å². The summed E-state index contributed by atoms with van der Waals surface area (Å²) in [6.45, 7) is -0.474. The molecule has 1 atom stereocenters. The van der Waals surface area contributed by atoms with Gasteiger partial charge in [-0.2, -0.15) is 26.3 Å². The van der Waals surface area contributed by atoms with Crippen molar-refractivity contribution in [1.82, 2.24) is 0 Å². The first-order valence-corrected chi connectivity index (χ1v) is 4.73. The SMILES string of the molecule is NCC(O)c1cc(C(F)(F)F)cc(C(F)(F)F)c1. The van der Waals surface area contributed by atoms with E-state index in [1.807, 2.05) is 0 Å². The highest BCUT2D eigenvalue weighted by molar-refractivity contribution is 5.34. The van der Waals surface area contributed by atoms with Gasteiger partial charge in [-0.1, -0.05) is 0 Å². The molecule has 1 rings (SSSR count). The molecule has 0 spiro atoms. The number of aliphatic hydroxyl groups excluding tert-OH is 1. The maximum atomic E-state index is 12.4. The number of alkyl halides is 6. The van der Waals surface area contributed by atoms with E-state index in [2.05, 4.69) is 0 Å². The van der Waals surface area contributed by atoms with Crippen LogP contribution in [0.3, 0.4) is 0 Å². The molecule has 0 aliphatic rings. The van der Waals surface area contributed by atoms with Crippen LogP contribution in [-0.2, 0) is 12.4 Å². The van der Waals surface area contributed by atoms with Crippen molar-refractivity contribution in [3.8, 4) is 0 Å². The normalized spacial score (nSPS) is 14.7. The van der Waals surface area contributed by atoms with Crippen molar-refractivity contribution in [2.75, 3.05) is 6.54 Å². The molecule has 0 saturated carbocycles. The van der Waals surface area contributed by atoms with Crippen molar-refractivity contribution < 1.29 is 31.4 Å². The lowest BCUT2D eigenvalue weighted by Gasteiger charge is -2.16. The predicted octanol–water partition coefficient (Wildman–Crippen LogP) is 2.72. The lowest BCUT2D eigenvalue weighted by atomic mass is 10.0. The molecule has 3 N–H and O–H groups in total. The van der Waals surface area contributed by atoms with Crippen LogP contribution in [0, 0.1) is 0 Å². The molecule has 102 valence electrons. The molecule has 0 aromatic heterocycles. The van der Waals surface area contributed by atoms with Gasteiger partial charge in [-0.05, 0) is 23.8 Å². The summed E-state index contributed by atoms with van der Waals surface area (Å²) in [4.78, 5) is 0. The summed E-state index contributed by atoms with van der Waals surface area (Å²) < 4.78 is 74.5. The van der Waals surface area contributed by atoms with Crippen LogP contribution in [0.15, 0.2) is 18.2 Å². The molecule has 2 nitrogen and oxygen atoms in total. The average molecular weight is 273 g/mol. The minimum absolute atomic E-state index is 0.00721. The zero-order valence-electron chi connectivity index (χ0n) is 8.81. The summed E-state index contributed by atoms with van der Waals surface area (Å²) in [6, 6.07) is 0.895. The van der Waals surface area contributed by atoms with Crippen LogP contribution in [-0.4, -0.2) is 11.7 Å². The highest BCUT2D eigenvalue weighted by Crippen LogP contribution is 2.37. The van der Waals surface area contributed by atoms with E-state index in [1.165, 1.54) is 0 Å². The maximum absolute atomic E-state index is 12.4. The van der Waals surface area contributed by atoms with Crippen molar-refractivity contribution in [2.45, 2.75) is 18.5 Å². The van der Waals surface area contributed by atoms with Crippen molar-refractivity contribution in [3.05, 3.63) is 34.9 Å². The molecule has 0 amide bonds. The monoisotopic (exact) mass is 273 g/mol. The van der Waals surface area contributed by atoms with Crippen molar-refractivity contribution in [3.63, 3.8) is 0 Å². The summed E-state index contributed by atoms with van der Waals surface area (Å²) >= 11 is 0. The molecular weight excluding hydrogens is 264 g/mol. The van der Waals surface area contributed by atoms with Gasteiger partial charge in [-0.3, -0.25) is 0 Å². The number of nitrogens with two attached hydrogens (primary N) is 1. The van der Waals surface area contributed by atoms with Crippen molar-refractivity contribution in [1.29, 1.82) is 0 Å². The van der Waals surface area contributed by atoms with Crippen LogP contribution >= 0.6 is 0 Å². The third-order valence-electron chi connectivity index (χ3n) is 2.22. The molecule has 0 aliphatic heterocycles. The molecule has 18 heavy (non-hydrogen) atoms. The zero-order valence-corrected chi connectivity index (χ0v) is 8.81. The molecule has 0 radical (unpaired) electrons. The van der Waals surface area contributed by atoms with E-state index in [0.29, 0.717) is 12.1 Å². The molecule has 1 aromatic rings. The third-order valence-corrected chi connectivity index (χ3v) is 2.22. The minimum atomic E-state index is -4.93. The van der Waals surface area contributed by atoms with Gasteiger partial charge in [-0.15, -0.1) is 0 Å². The first-order valence-electron chi connectivity index (χ1n) is 4.73. The lowest BCUT2D eigenvalue weighted by Crippen LogP contribution is -2.16. The van der Waals surface area contributed by atoms with Gasteiger partial charge in [-0.25, -0.2) is 0 Å². The van der Waals surface area contributed by atoms with Gasteiger partial charge in [0.15, 0.2) is 0 Å². The Bertz CT molecular complexity index is 393. The predicted molar refractivity (Wildman–Crippen MR) is 50.5 cm³/mol. The van der Waals surface area contributed by atoms with Gasteiger partial charge in [0.1, 0.15) is 0 Å². The highest BCUT2D eigenvalue weighted by Gasteiger charge is 2.37. The summed E-state index contributed by atoms with van der Waals surface area (Å²) in [5.41, 5.74) is 1.55. The van der Waals surface area contributed by atoms with Crippen molar-refractivity contribution in [2.24, 2.45) is 5.73 Å². The second-order valence-electron chi connectivity index (χ2n) is 3.59. The van der Waals surface area contributed by atoms with Crippen LogP contribution in [0.2, 0.25) is 0 Å². The van der Waals surface area contributed by atoms with Crippen molar-refractivity contribution >= 4 is 0 Å². The van der Waals surface area contributed by atoms with Crippen LogP contribution in [0.4, 0.5) is 26.3 Å². The van der Waals surface area contributed by atoms with Crippen LogP contribution in [0.25, 0.3) is 0 Å². The Morgan fingerprint density at radius 3 is 1.61 bits per heavy atom. The third kappa shape index (κ3) is 3.36. The second-order valence-corrected chi connectivity index (χ2v) is 3.59. The standard InChI is InChI=1S/C10H9F6NO/c11-9(12,13)6-1-5(8(18)4-17)2-7(3-6)10(14,15)16/h1-3,8,18H,4,17H2. The zero-order chi connectivity index (χ0) is 14.1.